The highest BCUT2D eigenvalue weighted by Gasteiger charge is 2.24. The third kappa shape index (κ3) is 1.57. The third-order valence-electron chi connectivity index (χ3n) is 3.03. The minimum absolute atomic E-state index is 0.00557. The van der Waals surface area contributed by atoms with Crippen molar-refractivity contribution in [2.75, 3.05) is 0 Å². The van der Waals surface area contributed by atoms with E-state index in [4.69, 9.17) is 10.5 Å². The normalized spacial score (nSPS) is 16.1. The van der Waals surface area contributed by atoms with Crippen molar-refractivity contribution < 1.29 is 4.79 Å². The molecule has 0 aromatic rings. The van der Waals surface area contributed by atoms with Gasteiger partial charge in [-0.3, -0.25) is 4.79 Å². The fourth-order valence-corrected chi connectivity index (χ4v) is 1.79. The highest BCUT2D eigenvalue weighted by Crippen LogP contribution is 2.33. The van der Waals surface area contributed by atoms with Crippen LogP contribution in [0.4, 0.5) is 0 Å². The summed E-state index contributed by atoms with van der Waals surface area (Å²) >= 11 is 0. The van der Waals surface area contributed by atoms with Gasteiger partial charge in [0.05, 0.1) is 0 Å². The number of ketones is 1. The molecule has 0 spiro atoms. The van der Waals surface area contributed by atoms with Gasteiger partial charge in [-0.15, -0.1) is 0 Å². The summed E-state index contributed by atoms with van der Waals surface area (Å²) in [5.41, 5.74) is 3.36. The Labute approximate surface area is 95.0 Å². The van der Waals surface area contributed by atoms with E-state index in [9.17, 15) is 4.79 Å². The molecule has 0 unspecified atom stereocenters. The van der Waals surface area contributed by atoms with Crippen molar-refractivity contribution in [3.8, 4) is 12.1 Å². The molecule has 0 aromatic heterocycles. The molecule has 0 bridgehead atoms. The number of allylic oxidation sites excluding steroid dienone is 6. The van der Waals surface area contributed by atoms with E-state index < -0.39 is 0 Å². The number of rotatable bonds is 0. The molecule has 80 valence electrons. The lowest BCUT2D eigenvalue weighted by atomic mass is 9.82. The van der Waals surface area contributed by atoms with Crippen molar-refractivity contribution in [2.24, 2.45) is 0 Å². The van der Waals surface area contributed by atoms with Crippen molar-refractivity contribution in [3.63, 3.8) is 0 Å². The molecule has 0 amide bonds. The maximum atomic E-state index is 11.8. The molecule has 0 atom stereocenters. The largest absolute Gasteiger partial charge is 0.289 e. The minimum Gasteiger partial charge on any atom is -0.289 e. The Bertz CT molecular complexity index is 499. The van der Waals surface area contributed by atoms with Gasteiger partial charge in [0.1, 0.15) is 17.7 Å². The molecule has 0 saturated carbocycles. The van der Waals surface area contributed by atoms with Gasteiger partial charge in [-0.05, 0) is 38.8 Å². The molecule has 3 heteroatoms. The zero-order chi connectivity index (χ0) is 12.5. The Morgan fingerprint density at radius 2 is 1.25 bits per heavy atom. The molecule has 1 aliphatic rings. The lowest BCUT2D eigenvalue weighted by molar-refractivity contribution is -0.112. The summed E-state index contributed by atoms with van der Waals surface area (Å²) in [5, 5.41) is 17.8. The van der Waals surface area contributed by atoms with Crippen molar-refractivity contribution in [3.05, 3.63) is 33.4 Å². The molecule has 0 aromatic carbocycles. The van der Waals surface area contributed by atoms with E-state index in [1.54, 1.807) is 27.7 Å². The monoisotopic (exact) mass is 212 g/mol. The number of Topliss-reactive ketones (excluding diaryl/α,β-unsaturated/α-hetero) is 1. The van der Waals surface area contributed by atoms with Crippen LogP contribution in [0.2, 0.25) is 0 Å². The Morgan fingerprint density at radius 1 is 0.875 bits per heavy atom. The average Bonchev–Trinajstić information content (AvgIpc) is 2.29. The lowest BCUT2D eigenvalue weighted by Crippen LogP contribution is -2.14. The van der Waals surface area contributed by atoms with Crippen molar-refractivity contribution >= 4 is 5.78 Å². The van der Waals surface area contributed by atoms with Gasteiger partial charge in [-0.2, -0.15) is 10.5 Å². The zero-order valence-electron chi connectivity index (χ0n) is 9.80. The smallest absolute Gasteiger partial charge is 0.184 e. The van der Waals surface area contributed by atoms with Crippen LogP contribution in [-0.2, 0) is 4.79 Å². The molecular formula is C13H12N2O. The van der Waals surface area contributed by atoms with E-state index in [0.717, 1.165) is 11.1 Å². The van der Waals surface area contributed by atoms with Crippen molar-refractivity contribution in [1.82, 2.24) is 0 Å². The van der Waals surface area contributed by atoms with Crippen LogP contribution >= 0.6 is 0 Å². The maximum absolute atomic E-state index is 11.8. The van der Waals surface area contributed by atoms with Gasteiger partial charge < -0.3 is 0 Å². The van der Waals surface area contributed by atoms with E-state index in [2.05, 4.69) is 0 Å². The van der Waals surface area contributed by atoms with E-state index in [0.29, 0.717) is 16.7 Å². The van der Waals surface area contributed by atoms with E-state index in [1.807, 2.05) is 12.1 Å². The second-order valence-electron chi connectivity index (χ2n) is 3.80. The molecule has 0 fully saturated rings. The number of nitriles is 2. The molecule has 3 nitrogen and oxygen atoms in total. The number of carbonyl (C=O) groups is 1. The zero-order valence-corrected chi connectivity index (χ0v) is 9.80. The predicted octanol–water partition coefficient (Wildman–Crippen LogP) is 2.59. The Hall–Kier alpha value is -2.13. The van der Waals surface area contributed by atoms with Gasteiger partial charge in [-0.1, -0.05) is 0 Å². The molecule has 0 aliphatic heterocycles. The summed E-state index contributed by atoms with van der Waals surface area (Å²) < 4.78 is 0. The third-order valence-corrected chi connectivity index (χ3v) is 3.03. The van der Waals surface area contributed by atoms with Crippen LogP contribution in [0.25, 0.3) is 0 Å². The molecule has 1 rings (SSSR count). The average molecular weight is 212 g/mol. The van der Waals surface area contributed by atoms with Crippen LogP contribution in [0.3, 0.4) is 0 Å². The molecular weight excluding hydrogens is 200 g/mol. The molecule has 0 radical (unpaired) electrons. The van der Waals surface area contributed by atoms with Crippen molar-refractivity contribution in [1.29, 1.82) is 10.5 Å². The minimum atomic E-state index is -0.00557. The summed E-state index contributed by atoms with van der Waals surface area (Å²) in [5.74, 6) is -0.00557. The maximum Gasteiger partial charge on any atom is 0.184 e. The van der Waals surface area contributed by atoms with Gasteiger partial charge in [0, 0.05) is 16.7 Å². The van der Waals surface area contributed by atoms with Gasteiger partial charge in [0.2, 0.25) is 0 Å². The second kappa shape index (κ2) is 4.16. The first kappa shape index (κ1) is 11.9. The van der Waals surface area contributed by atoms with Crippen LogP contribution < -0.4 is 0 Å². The standard InChI is InChI=1S/C13H12N2O/c1-7-9(3)13(16)10(4)8(2)12(7)11(5-14)6-15/h1-4H3. The first-order valence-electron chi connectivity index (χ1n) is 4.90. The Balaban J connectivity index is 3.67. The highest BCUT2D eigenvalue weighted by molar-refractivity contribution is 6.11. The first-order valence-corrected chi connectivity index (χ1v) is 4.90. The Kier molecular flexibility index (Phi) is 3.11. The predicted molar refractivity (Wildman–Crippen MR) is 60.0 cm³/mol. The SMILES string of the molecule is CC1=C(C)C(=C(C#N)C#N)C(C)=C(C)C1=O. The number of nitrogens with zero attached hydrogens (tertiary/aromatic N) is 2. The van der Waals surface area contributed by atoms with Crippen LogP contribution in [0.5, 0.6) is 0 Å². The summed E-state index contributed by atoms with van der Waals surface area (Å²) in [4.78, 5) is 11.8. The molecule has 16 heavy (non-hydrogen) atoms. The van der Waals surface area contributed by atoms with Gasteiger partial charge in [-0.25, -0.2) is 0 Å². The summed E-state index contributed by atoms with van der Waals surface area (Å²) in [6.45, 7) is 6.99. The summed E-state index contributed by atoms with van der Waals surface area (Å²) in [6.07, 6.45) is 0. The Morgan fingerprint density at radius 3 is 1.56 bits per heavy atom. The van der Waals surface area contributed by atoms with Crippen molar-refractivity contribution in [2.45, 2.75) is 27.7 Å². The van der Waals surface area contributed by atoms with Gasteiger partial charge >= 0.3 is 0 Å². The lowest BCUT2D eigenvalue weighted by Gasteiger charge is -2.20. The van der Waals surface area contributed by atoms with E-state index in [1.165, 1.54) is 0 Å². The number of hydrogen-bond donors (Lipinski definition) is 0. The first-order chi connectivity index (χ1) is 7.45. The molecule has 0 saturated heterocycles. The molecule has 1 aliphatic carbocycles. The van der Waals surface area contributed by atoms with Crippen LogP contribution in [-0.4, -0.2) is 5.78 Å². The quantitative estimate of drug-likeness (QED) is 0.579. The van der Waals surface area contributed by atoms with Gasteiger partial charge in [0.15, 0.2) is 5.78 Å². The molecule has 0 N–H and O–H groups in total. The van der Waals surface area contributed by atoms with Gasteiger partial charge in [0.25, 0.3) is 0 Å². The second-order valence-corrected chi connectivity index (χ2v) is 3.80. The fourth-order valence-electron chi connectivity index (χ4n) is 1.79. The summed E-state index contributed by atoms with van der Waals surface area (Å²) in [6, 6.07) is 3.75. The fraction of sp³-hybridized carbons (Fsp3) is 0.308. The summed E-state index contributed by atoms with van der Waals surface area (Å²) in [7, 11) is 0. The number of hydrogen-bond acceptors (Lipinski definition) is 3. The highest BCUT2D eigenvalue weighted by atomic mass is 16.1. The number of carbonyl (C=O) groups excluding carboxylic acids is 1. The van der Waals surface area contributed by atoms with Crippen LogP contribution in [0.1, 0.15) is 27.7 Å². The van der Waals surface area contributed by atoms with E-state index >= 15 is 0 Å². The van der Waals surface area contributed by atoms with Crippen LogP contribution in [0.15, 0.2) is 33.4 Å². The van der Waals surface area contributed by atoms with E-state index in [-0.39, 0.29) is 11.4 Å². The topological polar surface area (TPSA) is 64.7 Å². The molecule has 0 heterocycles. The van der Waals surface area contributed by atoms with Crippen LogP contribution in [0, 0.1) is 22.7 Å².